The number of amides is 4. The van der Waals surface area contributed by atoms with Crippen molar-refractivity contribution in [3.05, 3.63) is 34.9 Å². The van der Waals surface area contributed by atoms with Gasteiger partial charge in [-0.05, 0) is 13.3 Å². The number of nitrogens with zero attached hydrogens (tertiary/aromatic N) is 2. The van der Waals surface area contributed by atoms with Crippen LogP contribution in [0.1, 0.15) is 31.7 Å². The number of hydrogen-bond acceptors (Lipinski definition) is 3. The molecular formula is C17H17F4N3O3. The summed E-state index contributed by atoms with van der Waals surface area (Å²) in [5.41, 5.74) is -1.71. The van der Waals surface area contributed by atoms with Crippen LogP contribution < -0.4 is 5.32 Å². The maximum absolute atomic E-state index is 13.9. The third-order valence-corrected chi connectivity index (χ3v) is 4.80. The van der Waals surface area contributed by atoms with E-state index in [1.807, 2.05) is 0 Å². The van der Waals surface area contributed by atoms with Gasteiger partial charge < -0.3 is 10.2 Å². The molecule has 0 aromatic heterocycles. The van der Waals surface area contributed by atoms with Crippen LogP contribution >= 0.6 is 0 Å². The molecule has 4 amide bonds. The predicted octanol–water partition coefficient (Wildman–Crippen LogP) is 2.07. The molecule has 1 aromatic carbocycles. The summed E-state index contributed by atoms with van der Waals surface area (Å²) in [7, 11) is 0. The predicted molar refractivity (Wildman–Crippen MR) is 84.2 cm³/mol. The number of hydrogen-bond donors (Lipinski definition) is 1. The number of imide groups is 1. The lowest BCUT2D eigenvalue weighted by Crippen LogP contribution is -2.57. The Morgan fingerprint density at radius 2 is 1.70 bits per heavy atom. The molecule has 10 heteroatoms. The molecule has 3 rings (SSSR count). The number of carbonyl (C=O) groups excluding carboxylic acids is 3. The molecule has 0 aliphatic carbocycles. The van der Waals surface area contributed by atoms with Gasteiger partial charge in [0, 0.05) is 37.6 Å². The summed E-state index contributed by atoms with van der Waals surface area (Å²) >= 11 is 0. The fourth-order valence-corrected chi connectivity index (χ4v) is 3.35. The van der Waals surface area contributed by atoms with Crippen LogP contribution in [-0.4, -0.2) is 46.3 Å². The van der Waals surface area contributed by atoms with E-state index < -0.39 is 52.9 Å². The van der Waals surface area contributed by atoms with Crippen LogP contribution in [0.25, 0.3) is 0 Å². The van der Waals surface area contributed by atoms with E-state index in [0.29, 0.717) is 17.7 Å². The smallest absolute Gasteiger partial charge is 0.327 e. The van der Waals surface area contributed by atoms with E-state index in [2.05, 4.69) is 5.32 Å². The largest absolute Gasteiger partial charge is 0.349 e. The zero-order chi connectivity index (χ0) is 19.9. The Hall–Kier alpha value is -2.65. The molecule has 1 unspecified atom stereocenters. The maximum atomic E-state index is 13.9. The first kappa shape index (κ1) is 19.1. The van der Waals surface area contributed by atoms with Gasteiger partial charge in [-0.3, -0.25) is 14.5 Å². The van der Waals surface area contributed by atoms with Crippen molar-refractivity contribution in [2.45, 2.75) is 38.3 Å². The van der Waals surface area contributed by atoms with E-state index in [4.69, 9.17) is 0 Å². The van der Waals surface area contributed by atoms with E-state index >= 15 is 0 Å². The number of rotatable bonds is 4. The average molecular weight is 387 g/mol. The lowest BCUT2D eigenvalue weighted by atomic mass is 9.99. The molecule has 2 fully saturated rings. The number of urea groups is 1. The molecule has 0 radical (unpaired) electrons. The number of halogens is 4. The molecule has 146 valence electrons. The average Bonchev–Trinajstić information content (AvgIpc) is 2.94. The summed E-state index contributed by atoms with van der Waals surface area (Å²) < 4.78 is 54.5. The summed E-state index contributed by atoms with van der Waals surface area (Å²) in [6, 6.07) is -0.777. The highest BCUT2D eigenvalue weighted by Crippen LogP contribution is 2.26. The first-order valence-corrected chi connectivity index (χ1v) is 8.33. The van der Waals surface area contributed by atoms with Crippen molar-refractivity contribution in [3.8, 4) is 0 Å². The van der Waals surface area contributed by atoms with Gasteiger partial charge in [0.2, 0.25) is 11.8 Å². The summed E-state index contributed by atoms with van der Waals surface area (Å²) in [4.78, 5) is 38.0. The molecule has 1 atom stereocenters. The van der Waals surface area contributed by atoms with E-state index in [1.165, 1.54) is 4.90 Å². The van der Waals surface area contributed by atoms with Crippen molar-refractivity contribution in [1.29, 1.82) is 0 Å². The van der Waals surface area contributed by atoms with Crippen molar-refractivity contribution >= 4 is 17.8 Å². The fraction of sp³-hybridized carbons (Fsp3) is 0.471. The molecule has 0 spiro atoms. The number of carbonyl (C=O) groups is 3. The van der Waals surface area contributed by atoms with Crippen molar-refractivity contribution in [1.82, 2.24) is 15.1 Å². The van der Waals surface area contributed by atoms with Crippen LogP contribution in [0.15, 0.2) is 6.07 Å². The zero-order valence-corrected chi connectivity index (χ0v) is 14.5. The highest BCUT2D eigenvalue weighted by molar-refractivity contribution is 5.96. The normalized spacial score (nSPS) is 23.2. The second-order valence-corrected chi connectivity index (χ2v) is 6.99. The van der Waals surface area contributed by atoms with Crippen molar-refractivity contribution in [2.75, 3.05) is 13.1 Å². The Morgan fingerprint density at radius 1 is 1.07 bits per heavy atom. The first-order chi connectivity index (χ1) is 12.6. The Balaban J connectivity index is 1.82. The van der Waals surface area contributed by atoms with Gasteiger partial charge in [0.15, 0.2) is 23.3 Å². The quantitative estimate of drug-likeness (QED) is 0.635. The monoisotopic (exact) mass is 387 g/mol. The van der Waals surface area contributed by atoms with Gasteiger partial charge in [0.25, 0.3) is 0 Å². The molecule has 0 saturated carbocycles. The minimum atomic E-state index is -1.65. The molecule has 2 aliphatic heterocycles. The Labute approximate surface area is 152 Å². The van der Waals surface area contributed by atoms with Crippen LogP contribution in [0, 0.1) is 23.3 Å². The molecule has 6 nitrogen and oxygen atoms in total. The Morgan fingerprint density at radius 3 is 2.26 bits per heavy atom. The standard InChI is InChI=1S/C17H17F4N3O3/c1-17(4-2-12(25)22-17)8-23-5-3-13(26)24(16(23)27)7-9-14(20)10(18)6-11(19)15(9)21/h6H,2-5,7-8H2,1H3,(H,22,25). The summed E-state index contributed by atoms with van der Waals surface area (Å²) in [5.74, 6) is -7.39. The van der Waals surface area contributed by atoms with Gasteiger partial charge in [-0.25, -0.2) is 22.4 Å². The van der Waals surface area contributed by atoms with Gasteiger partial charge >= 0.3 is 6.03 Å². The van der Waals surface area contributed by atoms with Gasteiger partial charge in [-0.15, -0.1) is 0 Å². The highest BCUT2D eigenvalue weighted by Gasteiger charge is 2.40. The van der Waals surface area contributed by atoms with Crippen LogP contribution in [0.3, 0.4) is 0 Å². The van der Waals surface area contributed by atoms with E-state index in [0.717, 1.165) is 0 Å². The second kappa shape index (κ2) is 6.82. The molecule has 2 saturated heterocycles. The molecule has 27 heavy (non-hydrogen) atoms. The van der Waals surface area contributed by atoms with Gasteiger partial charge in [-0.2, -0.15) is 0 Å². The van der Waals surface area contributed by atoms with Crippen LogP contribution in [0.4, 0.5) is 22.4 Å². The number of nitrogens with one attached hydrogen (secondary N) is 1. The van der Waals surface area contributed by atoms with Crippen LogP contribution in [-0.2, 0) is 16.1 Å². The zero-order valence-electron chi connectivity index (χ0n) is 14.5. The highest BCUT2D eigenvalue weighted by atomic mass is 19.2. The Kier molecular flexibility index (Phi) is 4.83. The van der Waals surface area contributed by atoms with E-state index in [-0.39, 0.29) is 31.5 Å². The molecule has 1 aromatic rings. The molecule has 0 bridgehead atoms. The van der Waals surface area contributed by atoms with Crippen molar-refractivity contribution in [3.63, 3.8) is 0 Å². The summed E-state index contributed by atoms with van der Waals surface area (Å²) in [5, 5.41) is 2.75. The number of benzene rings is 1. The first-order valence-electron chi connectivity index (χ1n) is 8.33. The van der Waals surface area contributed by atoms with Gasteiger partial charge in [0.1, 0.15) is 0 Å². The molecule has 1 N–H and O–H groups in total. The van der Waals surface area contributed by atoms with E-state index in [9.17, 15) is 31.9 Å². The van der Waals surface area contributed by atoms with Crippen molar-refractivity contribution < 1.29 is 31.9 Å². The summed E-state index contributed by atoms with van der Waals surface area (Å²) in [6.07, 6.45) is 0.679. The lowest BCUT2D eigenvalue weighted by molar-refractivity contribution is -0.132. The van der Waals surface area contributed by atoms with Crippen molar-refractivity contribution in [2.24, 2.45) is 0 Å². The minimum absolute atomic E-state index is 0.0595. The van der Waals surface area contributed by atoms with Gasteiger partial charge in [-0.1, -0.05) is 0 Å². The SMILES string of the molecule is CC1(CN2CCC(=O)N(Cc3c(F)c(F)cc(F)c3F)C2=O)CCC(=O)N1. The summed E-state index contributed by atoms with van der Waals surface area (Å²) in [6.45, 7) is 0.989. The molecular weight excluding hydrogens is 370 g/mol. The fourth-order valence-electron chi connectivity index (χ4n) is 3.35. The van der Waals surface area contributed by atoms with Gasteiger partial charge in [0.05, 0.1) is 12.1 Å². The van der Waals surface area contributed by atoms with Crippen LogP contribution in [0.2, 0.25) is 0 Å². The third kappa shape index (κ3) is 3.60. The Bertz CT molecular complexity index is 806. The molecule has 2 heterocycles. The topological polar surface area (TPSA) is 69.7 Å². The molecule has 2 aliphatic rings. The second-order valence-electron chi connectivity index (χ2n) is 6.99. The lowest BCUT2D eigenvalue weighted by Gasteiger charge is -2.38. The van der Waals surface area contributed by atoms with E-state index in [1.54, 1.807) is 6.92 Å². The maximum Gasteiger partial charge on any atom is 0.327 e. The van der Waals surface area contributed by atoms with Crippen LogP contribution in [0.5, 0.6) is 0 Å². The third-order valence-electron chi connectivity index (χ3n) is 4.80. The minimum Gasteiger partial charge on any atom is -0.349 e.